The molecule has 1 aromatic rings. The molecule has 0 atom stereocenters. The highest BCUT2D eigenvalue weighted by Crippen LogP contribution is 2.20. The molecule has 0 heterocycles. The van der Waals surface area contributed by atoms with Crippen LogP contribution in [0.25, 0.3) is 0 Å². The molecule has 0 fully saturated rings. The number of aromatic hydroxyl groups is 1. The van der Waals surface area contributed by atoms with Crippen LogP contribution in [0.3, 0.4) is 0 Å². The fourth-order valence-corrected chi connectivity index (χ4v) is 1.37. The minimum atomic E-state index is -3.12. The molecule has 17 heavy (non-hydrogen) atoms. The number of amides is 1. The normalized spacial score (nSPS) is 11.3. The Bertz CT molecular complexity index is 427. The largest absolute Gasteiger partial charge is 0.507 e. The number of carbonyl (C=O) groups excluding carboxylic acids is 1. The molecule has 0 radical (unpaired) electrons. The maximum absolute atomic E-state index is 12.8. The van der Waals surface area contributed by atoms with Crippen LogP contribution in [0.5, 0.6) is 5.75 Å². The second-order valence-corrected chi connectivity index (χ2v) is 4.57. The minimum absolute atomic E-state index is 0.0659. The number of rotatable bonds is 4. The summed E-state index contributed by atoms with van der Waals surface area (Å²) in [5.41, 5.74) is 4.95. The molecule has 7 heteroatoms. The summed E-state index contributed by atoms with van der Waals surface area (Å²) in [4.78, 5) is 11.5. The number of hydrogen-bond acceptors (Lipinski definition) is 3. The van der Waals surface area contributed by atoms with E-state index in [9.17, 15) is 18.7 Å². The van der Waals surface area contributed by atoms with Crippen LogP contribution in [-0.4, -0.2) is 30.0 Å². The van der Waals surface area contributed by atoms with E-state index in [1.54, 1.807) is 0 Å². The Morgan fingerprint density at radius 1 is 1.53 bits per heavy atom. The lowest BCUT2D eigenvalue weighted by molar-refractivity contribution is 0.0118. The van der Waals surface area contributed by atoms with Gasteiger partial charge in [-0.1, -0.05) is 0 Å². The van der Waals surface area contributed by atoms with Gasteiger partial charge in [0.1, 0.15) is 5.75 Å². The van der Waals surface area contributed by atoms with E-state index < -0.39 is 24.9 Å². The fourth-order valence-electron chi connectivity index (χ4n) is 1.04. The van der Waals surface area contributed by atoms with Gasteiger partial charge in [0.2, 0.25) is 0 Å². The molecule has 0 saturated carbocycles. The molecule has 1 rings (SSSR count). The standard InChI is InChI=1S/C10H11F2IN2O2/c11-10(12,4-14)5-15-9(17)6-1-2-7(13)8(16)3-6/h1-3,16H,4-5,14H2,(H,15,17). The zero-order valence-electron chi connectivity index (χ0n) is 8.71. The Morgan fingerprint density at radius 2 is 2.18 bits per heavy atom. The zero-order valence-corrected chi connectivity index (χ0v) is 10.9. The van der Waals surface area contributed by atoms with Crippen molar-refractivity contribution in [3.8, 4) is 5.75 Å². The van der Waals surface area contributed by atoms with Crippen molar-refractivity contribution in [1.29, 1.82) is 0 Å². The van der Waals surface area contributed by atoms with E-state index in [1.807, 2.05) is 22.6 Å². The van der Waals surface area contributed by atoms with Crippen LogP contribution >= 0.6 is 22.6 Å². The van der Waals surface area contributed by atoms with Gasteiger partial charge in [-0.05, 0) is 40.8 Å². The highest BCUT2D eigenvalue weighted by atomic mass is 127. The van der Waals surface area contributed by atoms with Crippen LogP contribution in [0.2, 0.25) is 0 Å². The van der Waals surface area contributed by atoms with Gasteiger partial charge in [0, 0.05) is 5.56 Å². The summed E-state index contributed by atoms with van der Waals surface area (Å²) in [5.74, 6) is -3.87. The molecular weight excluding hydrogens is 345 g/mol. The Labute approximate surface area is 110 Å². The smallest absolute Gasteiger partial charge is 0.277 e. The molecule has 0 saturated heterocycles. The van der Waals surface area contributed by atoms with Gasteiger partial charge in [0.15, 0.2) is 0 Å². The molecule has 0 aliphatic rings. The van der Waals surface area contributed by atoms with E-state index in [1.165, 1.54) is 18.2 Å². The van der Waals surface area contributed by atoms with E-state index in [4.69, 9.17) is 5.73 Å². The quantitative estimate of drug-likeness (QED) is 0.713. The number of carbonyl (C=O) groups is 1. The lowest BCUT2D eigenvalue weighted by atomic mass is 10.2. The molecule has 4 nitrogen and oxygen atoms in total. The van der Waals surface area contributed by atoms with Gasteiger partial charge in [-0.2, -0.15) is 0 Å². The van der Waals surface area contributed by atoms with Crippen LogP contribution < -0.4 is 11.1 Å². The average molecular weight is 356 g/mol. The summed E-state index contributed by atoms with van der Waals surface area (Å²) in [6.07, 6.45) is 0. The predicted molar refractivity (Wildman–Crippen MR) is 67.2 cm³/mol. The van der Waals surface area contributed by atoms with Crippen molar-refractivity contribution < 1.29 is 18.7 Å². The third kappa shape index (κ3) is 4.08. The molecule has 1 aromatic carbocycles. The molecule has 0 bridgehead atoms. The second-order valence-electron chi connectivity index (χ2n) is 3.41. The van der Waals surface area contributed by atoms with Gasteiger partial charge in [-0.25, -0.2) is 8.78 Å². The Morgan fingerprint density at radius 3 is 2.71 bits per heavy atom. The van der Waals surface area contributed by atoms with Crippen molar-refractivity contribution in [3.63, 3.8) is 0 Å². The highest BCUT2D eigenvalue weighted by Gasteiger charge is 2.27. The van der Waals surface area contributed by atoms with Gasteiger partial charge in [-0.3, -0.25) is 4.79 Å². The van der Waals surface area contributed by atoms with Crippen LogP contribution in [-0.2, 0) is 0 Å². The third-order valence-corrected chi connectivity index (χ3v) is 2.93. The molecule has 0 aliphatic carbocycles. The number of nitrogens with one attached hydrogen (secondary N) is 1. The number of halogens is 3. The predicted octanol–water partition coefficient (Wildman–Crippen LogP) is 1.32. The van der Waals surface area contributed by atoms with E-state index in [0.717, 1.165) is 0 Å². The van der Waals surface area contributed by atoms with Crippen LogP contribution in [0.4, 0.5) is 8.78 Å². The number of hydrogen-bond donors (Lipinski definition) is 3. The monoisotopic (exact) mass is 356 g/mol. The molecule has 0 spiro atoms. The van der Waals surface area contributed by atoms with E-state index >= 15 is 0 Å². The van der Waals surface area contributed by atoms with E-state index in [2.05, 4.69) is 5.32 Å². The Balaban J connectivity index is 2.68. The first kappa shape index (κ1) is 14.1. The Kier molecular flexibility index (Phi) is 4.63. The molecule has 0 aromatic heterocycles. The second kappa shape index (κ2) is 5.58. The van der Waals surface area contributed by atoms with Gasteiger partial charge in [0.25, 0.3) is 11.8 Å². The van der Waals surface area contributed by atoms with Crippen LogP contribution in [0, 0.1) is 3.57 Å². The first-order valence-electron chi connectivity index (χ1n) is 4.70. The third-order valence-electron chi connectivity index (χ3n) is 2.01. The summed E-state index contributed by atoms with van der Waals surface area (Å²) in [6, 6.07) is 4.18. The minimum Gasteiger partial charge on any atom is -0.507 e. The van der Waals surface area contributed by atoms with Crippen molar-refractivity contribution in [2.45, 2.75) is 5.92 Å². The SMILES string of the molecule is NCC(F)(F)CNC(=O)c1ccc(I)c(O)c1. The lowest BCUT2D eigenvalue weighted by Gasteiger charge is -2.14. The maximum atomic E-state index is 12.8. The highest BCUT2D eigenvalue weighted by molar-refractivity contribution is 14.1. The average Bonchev–Trinajstić information content (AvgIpc) is 2.30. The molecule has 0 aliphatic heterocycles. The van der Waals surface area contributed by atoms with E-state index in [-0.39, 0.29) is 11.3 Å². The zero-order chi connectivity index (χ0) is 13.1. The van der Waals surface area contributed by atoms with Crippen molar-refractivity contribution in [2.75, 3.05) is 13.1 Å². The molecule has 1 amide bonds. The summed E-state index contributed by atoms with van der Waals surface area (Å²) in [7, 11) is 0. The Hall–Kier alpha value is -0.960. The maximum Gasteiger partial charge on any atom is 0.277 e. The topological polar surface area (TPSA) is 75.3 Å². The summed E-state index contributed by atoms with van der Waals surface area (Å²) in [6.45, 7) is -1.65. The number of phenols is 1. The fraction of sp³-hybridized carbons (Fsp3) is 0.300. The summed E-state index contributed by atoms with van der Waals surface area (Å²) in [5, 5.41) is 11.4. The van der Waals surface area contributed by atoms with Crippen molar-refractivity contribution >= 4 is 28.5 Å². The first-order valence-corrected chi connectivity index (χ1v) is 5.78. The lowest BCUT2D eigenvalue weighted by Crippen LogP contribution is -2.41. The number of phenolic OH excluding ortho intramolecular Hbond substituents is 1. The van der Waals surface area contributed by atoms with Gasteiger partial charge >= 0.3 is 0 Å². The molecule has 0 unspecified atom stereocenters. The first-order chi connectivity index (χ1) is 7.85. The summed E-state index contributed by atoms with van der Waals surface area (Å²) >= 11 is 1.89. The van der Waals surface area contributed by atoms with E-state index in [0.29, 0.717) is 3.57 Å². The van der Waals surface area contributed by atoms with Gasteiger partial charge < -0.3 is 16.2 Å². The van der Waals surface area contributed by atoms with Gasteiger partial charge in [0.05, 0.1) is 16.7 Å². The molecular formula is C10H11F2IN2O2. The van der Waals surface area contributed by atoms with Crippen LogP contribution in [0.1, 0.15) is 10.4 Å². The van der Waals surface area contributed by atoms with Gasteiger partial charge in [-0.15, -0.1) is 0 Å². The summed E-state index contributed by atoms with van der Waals surface area (Å²) < 4.78 is 26.1. The number of alkyl halides is 2. The van der Waals surface area contributed by atoms with Crippen molar-refractivity contribution in [3.05, 3.63) is 27.3 Å². The molecule has 4 N–H and O–H groups in total. The van der Waals surface area contributed by atoms with Crippen molar-refractivity contribution in [1.82, 2.24) is 5.32 Å². The van der Waals surface area contributed by atoms with Crippen molar-refractivity contribution in [2.24, 2.45) is 5.73 Å². The van der Waals surface area contributed by atoms with Crippen LogP contribution in [0.15, 0.2) is 18.2 Å². The number of nitrogens with two attached hydrogens (primary N) is 1. The number of benzene rings is 1. The molecule has 94 valence electrons.